The Morgan fingerprint density at radius 2 is 1.95 bits per heavy atom. The number of thioether (sulfide) groups is 1. The predicted molar refractivity (Wildman–Crippen MR) is 80.3 cm³/mol. The zero-order chi connectivity index (χ0) is 14.3. The molecule has 1 atom stereocenters. The lowest BCUT2D eigenvalue weighted by Crippen LogP contribution is -2.36. The van der Waals surface area contributed by atoms with Crippen molar-refractivity contribution in [2.45, 2.75) is 19.4 Å². The first kappa shape index (κ1) is 15.5. The van der Waals surface area contributed by atoms with Crippen molar-refractivity contribution in [1.29, 1.82) is 0 Å². The van der Waals surface area contributed by atoms with Crippen LogP contribution in [-0.4, -0.2) is 29.9 Å². The number of carbonyl (C=O) groups is 2. The fourth-order valence-corrected chi connectivity index (χ4v) is 1.98. The third-order valence-corrected chi connectivity index (χ3v) is 3.06. The lowest BCUT2D eigenvalue weighted by Gasteiger charge is -2.12. The Labute approximate surface area is 117 Å². The standard InChI is InChI=1S/C13H19N3O2S/c1-9(17)15-10-4-3-5-11(8-10)16-13(18)12(14)6-7-19-2/h3-5,8,12H,6-7,14H2,1-2H3,(H,15,17)(H,16,18)/t12-/m0/s1. The number of anilines is 2. The van der Waals surface area contributed by atoms with Gasteiger partial charge >= 0.3 is 0 Å². The normalized spacial score (nSPS) is 11.7. The van der Waals surface area contributed by atoms with Crippen molar-refractivity contribution in [3.05, 3.63) is 24.3 Å². The molecular weight excluding hydrogens is 262 g/mol. The fourth-order valence-electron chi connectivity index (χ4n) is 1.49. The Hall–Kier alpha value is -1.53. The summed E-state index contributed by atoms with van der Waals surface area (Å²) < 4.78 is 0. The van der Waals surface area contributed by atoms with Crippen molar-refractivity contribution >= 4 is 35.0 Å². The summed E-state index contributed by atoms with van der Waals surface area (Å²) in [5.41, 5.74) is 7.04. The molecule has 2 amide bonds. The van der Waals surface area contributed by atoms with E-state index in [4.69, 9.17) is 5.73 Å². The van der Waals surface area contributed by atoms with Gasteiger partial charge in [-0.3, -0.25) is 9.59 Å². The van der Waals surface area contributed by atoms with Gasteiger partial charge in [-0.25, -0.2) is 0 Å². The zero-order valence-corrected chi connectivity index (χ0v) is 11.9. The summed E-state index contributed by atoms with van der Waals surface area (Å²) in [5, 5.41) is 5.40. The molecule has 0 saturated carbocycles. The molecule has 0 aliphatic heterocycles. The van der Waals surface area contributed by atoms with Crippen LogP contribution in [0, 0.1) is 0 Å². The van der Waals surface area contributed by atoms with Crippen LogP contribution in [0.2, 0.25) is 0 Å². The van der Waals surface area contributed by atoms with Crippen LogP contribution in [-0.2, 0) is 9.59 Å². The SMILES string of the molecule is CSCC[C@H](N)C(=O)Nc1cccc(NC(C)=O)c1. The highest BCUT2D eigenvalue weighted by Gasteiger charge is 2.13. The Morgan fingerprint density at radius 3 is 2.53 bits per heavy atom. The molecule has 0 radical (unpaired) electrons. The van der Waals surface area contributed by atoms with Crippen LogP contribution in [0.1, 0.15) is 13.3 Å². The van der Waals surface area contributed by atoms with Crippen LogP contribution >= 0.6 is 11.8 Å². The molecule has 4 N–H and O–H groups in total. The molecule has 6 heteroatoms. The average Bonchev–Trinajstić information content (AvgIpc) is 2.35. The zero-order valence-electron chi connectivity index (χ0n) is 11.1. The second-order valence-electron chi connectivity index (χ2n) is 4.14. The quantitative estimate of drug-likeness (QED) is 0.740. The molecule has 0 fully saturated rings. The van der Waals surface area contributed by atoms with Crippen LogP contribution in [0.3, 0.4) is 0 Å². The lowest BCUT2D eigenvalue weighted by molar-refractivity contribution is -0.117. The summed E-state index contributed by atoms with van der Waals surface area (Å²) >= 11 is 1.66. The molecule has 1 rings (SSSR count). The molecule has 0 aliphatic carbocycles. The van der Waals surface area contributed by atoms with Crippen LogP contribution in [0.4, 0.5) is 11.4 Å². The second-order valence-corrected chi connectivity index (χ2v) is 5.12. The number of benzene rings is 1. The van der Waals surface area contributed by atoms with Gasteiger partial charge in [-0.2, -0.15) is 11.8 Å². The molecule has 0 saturated heterocycles. The number of nitrogens with one attached hydrogen (secondary N) is 2. The fraction of sp³-hybridized carbons (Fsp3) is 0.385. The number of nitrogens with two attached hydrogens (primary N) is 1. The minimum Gasteiger partial charge on any atom is -0.326 e. The van der Waals surface area contributed by atoms with Gasteiger partial charge in [0.1, 0.15) is 0 Å². The highest BCUT2D eigenvalue weighted by molar-refractivity contribution is 7.98. The van der Waals surface area contributed by atoms with Gasteiger partial charge in [0.05, 0.1) is 6.04 Å². The van der Waals surface area contributed by atoms with E-state index in [0.29, 0.717) is 17.8 Å². The molecule has 0 aliphatic rings. The smallest absolute Gasteiger partial charge is 0.241 e. The first-order valence-corrected chi connectivity index (χ1v) is 7.35. The molecule has 0 bridgehead atoms. The molecule has 5 nitrogen and oxygen atoms in total. The van der Waals surface area contributed by atoms with E-state index in [0.717, 1.165) is 5.75 Å². The summed E-state index contributed by atoms with van der Waals surface area (Å²) in [6.07, 6.45) is 2.61. The molecule has 1 aromatic carbocycles. The minimum absolute atomic E-state index is 0.153. The molecule has 19 heavy (non-hydrogen) atoms. The molecule has 104 valence electrons. The van der Waals surface area contributed by atoms with Crippen molar-refractivity contribution in [1.82, 2.24) is 0 Å². The van der Waals surface area contributed by atoms with Gasteiger partial charge in [-0.1, -0.05) is 6.07 Å². The van der Waals surface area contributed by atoms with Crippen molar-refractivity contribution in [3.63, 3.8) is 0 Å². The van der Waals surface area contributed by atoms with E-state index in [-0.39, 0.29) is 11.8 Å². The largest absolute Gasteiger partial charge is 0.326 e. The van der Waals surface area contributed by atoms with Crippen molar-refractivity contribution in [2.24, 2.45) is 5.73 Å². The Morgan fingerprint density at radius 1 is 1.32 bits per heavy atom. The number of rotatable bonds is 6. The first-order valence-electron chi connectivity index (χ1n) is 5.96. The summed E-state index contributed by atoms with van der Waals surface area (Å²) in [6.45, 7) is 1.43. The lowest BCUT2D eigenvalue weighted by atomic mass is 10.2. The number of amides is 2. The predicted octanol–water partition coefficient (Wildman–Crippen LogP) is 1.66. The third kappa shape index (κ3) is 5.76. The molecule has 0 heterocycles. The van der Waals surface area contributed by atoms with Gasteiger partial charge in [0.2, 0.25) is 11.8 Å². The summed E-state index contributed by atoms with van der Waals surface area (Å²) in [4.78, 5) is 22.8. The van der Waals surface area contributed by atoms with Crippen LogP contribution < -0.4 is 16.4 Å². The maximum atomic E-state index is 11.8. The number of hydrogen-bond donors (Lipinski definition) is 3. The van der Waals surface area contributed by atoms with E-state index < -0.39 is 6.04 Å². The summed E-state index contributed by atoms with van der Waals surface area (Å²) in [7, 11) is 0. The summed E-state index contributed by atoms with van der Waals surface area (Å²) in [6, 6.07) is 6.45. The molecular formula is C13H19N3O2S. The minimum atomic E-state index is -0.517. The van der Waals surface area contributed by atoms with Gasteiger partial charge in [0.25, 0.3) is 0 Å². The molecule has 0 unspecified atom stereocenters. The van der Waals surface area contributed by atoms with Crippen LogP contribution in [0.5, 0.6) is 0 Å². The molecule has 0 spiro atoms. The van der Waals surface area contributed by atoms with Gasteiger partial charge in [-0.15, -0.1) is 0 Å². The van der Waals surface area contributed by atoms with E-state index in [9.17, 15) is 9.59 Å². The highest BCUT2D eigenvalue weighted by atomic mass is 32.2. The van der Waals surface area contributed by atoms with Gasteiger partial charge in [-0.05, 0) is 36.6 Å². The van der Waals surface area contributed by atoms with Crippen LogP contribution in [0.25, 0.3) is 0 Å². The van der Waals surface area contributed by atoms with Crippen molar-refractivity contribution in [3.8, 4) is 0 Å². The highest BCUT2D eigenvalue weighted by Crippen LogP contribution is 2.15. The van der Waals surface area contributed by atoms with Crippen molar-refractivity contribution < 1.29 is 9.59 Å². The van der Waals surface area contributed by atoms with Crippen molar-refractivity contribution in [2.75, 3.05) is 22.6 Å². The second kappa shape index (κ2) is 7.81. The Bertz CT molecular complexity index is 451. The first-order chi connectivity index (χ1) is 9.02. The summed E-state index contributed by atoms with van der Waals surface area (Å²) in [5.74, 6) is 0.481. The van der Waals surface area contributed by atoms with Crippen LogP contribution in [0.15, 0.2) is 24.3 Å². The Balaban J connectivity index is 2.61. The number of carbonyl (C=O) groups excluding carboxylic acids is 2. The maximum absolute atomic E-state index is 11.8. The monoisotopic (exact) mass is 281 g/mol. The average molecular weight is 281 g/mol. The van der Waals surface area contributed by atoms with E-state index in [1.165, 1.54) is 6.92 Å². The van der Waals surface area contributed by atoms with Gasteiger partial charge in [0, 0.05) is 18.3 Å². The topological polar surface area (TPSA) is 84.2 Å². The van der Waals surface area contributed by atoms with E-state index in [1.54, 1.807) is 36.0 Å². The molecule has 0 aromatic heterocycles. The van der Waals surface area contributed by atoms with E-state index in [1.807, 2.05) is 6.26 Å². The maximum Gasteiger partial charge on any atom is 0.241 e. The number of hydrogen-bond acceptors (Lipinski definition) is 4. The van der Waals surface area contributed by atoms with E-state index in [2.05, 4.69) is 10.6 Å². The van der Waals surface area contributed by atoms with Gasteiger partial charge in [0.15, 0.2) is 0 Å². The third-order valence-electron chi connectivity index (χ3n) is 2.42. The molecule has 1 aromatic rings. The Kier molecular flexibility index (Phi) is 6.38. The van der Waals surface area contributed by atoms with Gasteiger partial charge < -0.3 is 16.4 Å². The van der Waals surface area contributed by atoms with E-state index >= 15 is 0 Å².